The summed E-state index contributed by atoms with van der Waals surface area (Å²) in [4.78, 5) is 31.5. The molecule has 0 bridgehead atoms. The van der Waals surface area contributed by atoms with Gasteiger partial charge in [-0.15, -0.1) is 0 Å². The number of likely N-dealkylation sites (N-methyl/N-ethyl adjacent to an activating group) is 1. The van der Waals surface area contributed by atoms with E-state index in [1.165, 1.54) is 4.90 Å². The number of carbonyl (C=O) groups is 2. The average molecular weight is 389 g/mol. The van der Waals surface area contributed by atoms with E-state index in [0.717, 1.165) is 16.8 Å². The molecule has 4 rings (SSSR count). The zero-order valence-corrected chi connectivity index (χ0v) is 16.4. The second-order valence-corrected chi connectivity index (χ2v) is 7.42. The van der Waals surface area contributed by atoms with Crippen LogP contribution in [0.2, 0.25) is 0 Å². The van der Waals surface area contributed by atoms with E-state index in [1.54, 1.807) is 19.3 Å². The molecule has 2 amide bonds. The smallest absolute Gasteiger partial charge is 0.272 e. The van der Waals surface area contributed by atoms with Crippen molar-refractivity contribution in [2.75, 3.05) is 11.9 Å². The summed E-state index contributed by atoms with van der Waals surface area (Å²) in [6.07, 6.45) is 2.84. The van der Waals surface area contributed by atoms with Crippen molar-refractivity contribution in [3.63, 3.8) is 0 Å². The lowest BCUT2D eigenvalue weighted by Crippen LogP contribution is -2.47. The summed E-state index contributed by atoms with van der Waals surface area (Å²) < 4.78 is 0. The summed E-state index contributed by atoms with van der Waals surface area (Å²) in [5.74, 6) is 0.193. The number of aromatic nitrogens is 3. The number of pyridine rings is 1. The number of hydrogen-bond donors (Lipinski definition) is 2. The molecule has 7 nitrogen and oxygen atoms in total. The molecular formula is C22H23N5O2. The van der Waals surface area contributed by atoms with Gasteiger partial charge in [0.25, 0.3) is 5.91 Å². The van der Waals surface area contributed by atoms with Gasteiger partial charge in [-0.05, 0) is 35.6 Å². The maximum atomic E-state index is 12.9. The predicted molar refractivity (Wildman–Crippen MR) is 110 cm³/mol. The van der Waals surface area contributed by atoms with E-state index in [4.69, 9.17) is 0 Å². The van der Waals surface area contributed by atoms with Gasteiger partial charge in [0.1, 0.15) is 17.6 Å². The lowest BCUT2D eigenvalue weighted by atomic mass is 9.95. The Hall–Kier alpha value is -3.48. The number of nitrogens with zero attached hydrogens (tertiary/aromatic N) is 3. The van der Waals surface area contributed by atoms with Gasteiger partial charge in [0.2, 0.25) is 5.91 Å². The molecule has 148 valence electrons. The van der Waals surface area contributed by atoms with Gasteiger partial charge >= 0.3 is 0 Å². The number of nitrogens with one attached hydrogen (secondary N) is 2. The Bertz CT molecular complexity index is 1030. The number of benzene rings is 1. The Labute approximate surface area is 169 Å². The largest absolute Gasteiger partial charge is 0.339 e. The Kier molecular flexibility index (Phi) is 5.12. The summed E-state index contributed by atoms with van der Waals surface area (Å²) in [5, 5.41) is 9.90. The third-order valence-electron chi connectivity index (χ3n) is 5.29. The molecule has 0 unspecified atom stereocenters. The van der Waals surface area contributed by atoms with Crippen molar-refractivity contribution in [1.29, 1.82) is 0 Å². The first kappa shape index (κ1) is 18.9. The molecule has 0 spiro atoms. The number of amides is 2. The highest BCUT2D eigenvalue weighted by molar-refractivity contribution is 6.02. The molecule has 2 atom stereocenters. The van der Waals surface area contributed by atoms with Crippen LogP contribution in [-0.2, 0) is 11.2 Å². The van der Waals surface area contributed by atoms with Crippen LogP contribution in [0.25, 0.3) is 0 Å². The van der Waals surface area contributed by atoms with Crippen LogP contribution < -0.4 is 10.2 Å². The van der Waals surface area contributed by atoms with Gasteiger partial charge in [0.15, 0.2) is 0 Å². The second kappa shape index (κ2) is 7.87. The molecule has 1 aliphatic rings. The van der Waals surface area contributed by atoms with Gasteiger partial charge in [0.05, 0.1) is 0 Å². The van der Waals surface area contributed by atoms with Crippen molar-refractivity contribution < 1.29 is 9.59 Å². The number of hydrogen-bond acceptors (Lipinski definition) is 4. The van der Waals surface area contributed by atoms with Crippen LogP contribution in [0, 0.1) is 0 Å². The van der Waals surface area contributed by atoms with E-state index in [1.807, 2.05) is 49.4 Å². The summed E-state index contributed by atoms with van der Waals surface area (Å²) in [6, 6.07) is 14.9. The Morgan fingerprint density at radius 2 is 2.03 bits per heavy atom. The van der Waals surface area contributed by atoms with Crippen LogP contribution in [0.5, 0.6) is 0 Å². The van der Waals surface area contributed by atoms with Crippen molar-refractivity contribution >= 4 is 17.6 Å². The standard InChI is InChI=1S/C22H23N5O2/c1-14-11-19(22(29)27(2)20-17(14)9-6-10-23-20)24-21(28)18-13-16(25-26-18)12-15-7-4-3-5-8-15/h3-10,13-14,19H,11-12H2,1-2H3,(H,24,28)(H,25,26)/t14-,19+/m0/s1. The number of fused-ring (bicyclic) bond motifs is 1. The molecule has 2 aromatic heterocycles. The molecule has 3 aromatic rings. The predicted octanol–water partition coefficient (Wildman–Crippen LogP) is 2.66. The molecule has 2 N–H and O–H groups in total. The van der Waals surface area contributed by atoms with Gasteiger partial charge < -0.3 is 5.32 Å². The van der Waals surface area contributed by atoms with Crippen molar-refractivity contribution in [2.24, 2.45) is 0 Å². The van der Waals surface area contributed by atoms with E-state index >= 15 is 0 Å². The molecule has 0 aliphatic carbocycles. The highest BCUT2D eigenvalue weighted by atomic mass is 16.2. The fourth-order valence-corrected chi connectivity index (χ4v) is 3.73. The van der Waals surface area contributed by atoms with Crippen LogP contribution >= 0.6 is 0 Å². The quantitative estimate of drug-likeness (QED) is 0.718. The van der Waals surface area contributed by atoms with E-state index in [0.29, 0.717) is 18.7 Å². The van der Waals surface area contributed by atoms with Crippen molar-refractivity contribution in [3.8, 4) is 0 Å². The van der Waals surface area contributed by atoms with Crippen LogP contribution in [-0.4, -0.2) is 40.1 Å². The summed E-state index contributed by atoms with van der Waals surface area (Å²) in [6.45, 7) is 2.04. The third kappa shape index (κ3) is 3.89. The molecule has 0 saturated heterocycles. The molecule has 0 saturated carbocycles. The van der Waals surface area contributed by atoms with E-state index in [-0.39, 0.29) is 23.4 Å². The summed E-state index contributed by atoms with van der Waals surface area (Å²) in [5.41, 5.74) is 3.25. The number of rotatable bonds is 4. The lowest BCUT2D eigenvalue weighted by molar-refractivity contribution is -0.120. The molecular weight excluding hydrogens is 366 g/mol. The molecule has 0 fully saturated rings. The molecule has 1 aliphatic heterocycles. The van der Waals surface area contributed by atoms with E-state index in [2.05, 4.69) is 20.5 Å². The summed E-state index contributed by atoms with van der Waals surface area (Å²) >= 11 is 0. The number of anilines is 1. The van der Waals surface area contributed by atoms with Crippen LogP contribution in [0.3, 0.4) is 0 Å². The highest BCUT2D eigenvalue weighted by Gasteiger charge is 2.33. The summed E-state index contributed by atoms with van der Waals surface area (Å²) in [7, 11) is 1.69. The minimum Gasteiger partial charge on any atom is -0.339 e. The zero-order chi connectivity index (χ0) is 20.4. The normalized spacial score (nSPS) is 18.8. The molecule has 29 heavy (non-hydrogen) atoms. The van der Waals surface area contributed by atoms with E-state index < -0.39 is 6.04 Å². The van der Waals surface area contributed by atoms with Gasteiger partial charge in [-0.3, -0.25) is 19.6 Å². The SMILES string of the molecule is C[C@H]1C[C@@H](NC(=O)c2cc(Cc3ccccc3)[nH]n2)C(=O)N(C)c2ncccc21. The van der Waals surface area contributed by atoms with Crippen LogP contribution in [0.15, 0.2) is 54.7 Å². The number of aromatic amines is 1. The van der Waals surface area contributed by atoms with Crippen molar-refractivity contribution in [1.82, 2.24) is 20.5 Å². The molecule has 1 aromatic carbocycles. The fraction of sp³-hybridized carbons (Fsp3) is 0.273. The van der Waals surface area contributed by atoms with Crippen LogP contribution in [0.1, 0.15) is 46.6 Å². The second-order valence-electron chi connectivity index (χ2n) is 7.42. The lowest BCUT2D eigenvalue weighted by Gasteiger charge is -2.20. The van der Waals surface area contributed by atoms with Crippen molar-refractivity contribution in [3.05, 3.63) is 77.2 Å². The molecule has 0 radical (unpaired) electrons. The Balaban J connectivity index is 1.48. The number of carbonyl (C=O) groups excluding carboxylic acids is 2. The van der Waals surface area contributed by atoms with Crippen LogP contribution in [0.4, 0.5) is 5.82 Å². The molecule has 7 heteroatoms. The Morgan fingerprint density at radius 1 is 1.24 bits per heavy atom. The minimum atomic E-state index is -0.633. The first-order chi connectivity index (χ1) is 14.0. The van der Waals surface area contributed by atoms with Crippen molar-refractivity contribution in [2.45, 2.75) is 31.7 Å². The zero-order valence-electron chi connectivity index (χ0n) is 16.4. The number of H-pyrrole nitrogens is 1. The first-order valence-electron chi connectivity index (χ1n) is 9.64. The Morgan fingerprint density at radius 3 is 2.83 bits per heavy atom. The fourth-order valence-electron chi connectivity index (χ4n) is 3.73. The maximum absolute atomic E-state index is 12.9. The topological polar surface area (TPSA) is 91.0 Å². The first-order valence-corrected chi connectivity index (χ1v) is 9.64. The third-order valence-corrected chi connectivity index (χ3v) is 5.29. The van der Waals surface area contributed by atoms with Gasteiger partial charge in [-0.2, -0.15) is 5.10 Å². The average Bonchev–Trinajstić information content (AvgIpc) is 3.18. The molecule has 3 heterocycles. The maximum Gasteiger partial charge on any atom is 0.272 e. The minimum absolute atomic E-state index is 0.0886. The van der Waals surface area contributed by atoms with Gasteiger partial charge in [-0.25, -0.2) is 4.98 Å². The van der Waals surface area contributed by atoms with Gasteiger partial charge in [0, 0.05) is 25.4 Å². The van der Waals surface area contributed by atoms with Gasteiger partial charge in [-0.1, -0.05) is 43.3 Å². The monoisotopic (exact) mass is 389 g/mol. The van der Waals surface area contributed by atoms with E-state index in [9.17, 15) is 9.59 Å². The highest BCUT2D eigenvalue weighted by Crippen LogP contribution is 2.32.